The molecule has 0 unspecified atom stereocenters. The zero-order valence-electron chi connectivity index (χ0n) is 7.99. The third kappa shape index (κ3) is 2.19. The van der Waals surface area contributed by atoms with Crippen LogP contribution in [0.2, 0.25) is 0 Å². The minimum absolute atomic E-state index is 0.293. The number of rotatable bonds is 3. The molecule has 1 rings (SSSR count). The number of hydrogen-bond acceptors (Lipinski definition) is 3. The Morgan fingerprint density at radius 1 is 1.42 bits per heavy atom. The molecule has 2 atom stereocenters. The number of aliphatic hydroxyl groups is 1. The van der Waals surface area contributed by atoms with E-state index in [0.717, 1.165) is 26.1 Å². The monoisotopic (exact) mass is 173 g/mol. The van der Waals surface area contributed by atoms with Gasteiger partial charge in [-0.3, -0.25) is 4.90 Å². The zero-order chi connectivity index (χ0) is 8.97. The van der Waals surface area contributed by atoms with Crippen LogP contribution in [0.25, 0.3) is 0 Å². The predicted octanol–water partition coefficient (Wildman–Crippen LogP) is 0.478. The van der Waals surface area contributed by atoms with Crippen molar-refractivity contribution in [1.82, 2.24) is 4.90 Å². The van der Waals surface area contributed by atoms with Gasteiger partial charge in [-0.15, -0.1) is 0 Å². The number of ether oxygens (including phenoxy) is 1. The molecule has 0 radical (unpaired) electrons. The fourth-order valence-corrected chi connectivity index (χ4v) is 1.83. The van der Waals surface area contributed by atoms with Gasteiger partial charge in [0, 0.05) is 12.6 Å². The van der Waals surface area contributed by atoms with Crippen molar-refractivity contribution in [2.24, 2.45) is 0 Å². The van der Waals surface area contributed by atoms with Gasteiger partial charge in [0.25, 0.3) is 0 Å². The SMILES string of the molecule is CCN(CC)[C@@H]1CCOC[C@H]1O. The van der Waals surface area contributed by atoms with Gasteiger partial charge < -0.3 is 9.84 Å². The summed E-state index contributed by atoms with van der Waals surface area (Å²) in [5, 5.41) is 9.63. The Balaban J connectivity index is 2.45. The maximum absolute atomic E-state index is 9.63. The summed E-state index contributed by atoms with van der Waals surface area (Å²) in [6, 6.07) is 0.314. The molecule has 3 heteroatoms. The Hall–Kier alpha value is -0.120. The largest absolute Gasteiger partial charge is 0.389 e. The summed E-state index contributed by atoms with van der Waals surface area (Å²) in [6.45, 7) is 7.58. The molecule has 3 nitrogen and oxygen atoms in total. The van der Waals surface area contributed by atoms with Crippen molar-refractivity contribution in [2.75, 3.05) is 26.3 Å². The number of likely N-dealkylation sites (N-methyl/N-ethyl adjacent to an activating group) is 1. The molecule has 0 aromatic heterocycles. The van der Waals surface area contributed by atoms with Crippen LogP contribution in [0.1, 0.15) is 20.3 Å². The molecule has 1 aliphatic rings. The number of nitrogens with zero attached hydrogens (tertiary/aromatic N) is 1. The highest BCUT2D eigenvalue weighted by Crippen LogP contribution is 2.14. The van der Waals surface area contributed by atoms with Gasteiger partial charge in [0.05, 0.1) is 12.7 Å². The van der Waals surface area contributed by atoms with Crippen LogP contribution in [0.15, 0.2) is 0 Å². The minimum Gasteiger partial charge on any atom is -0.389 e. The average Bonchev–Trinajstić information content (AvgIpc) is 2.10. The molecule has 0 saturated carbocycles. The first-order valence-corrected chi connectivity index (χ1v) is 4.79. The van der Waals surface area contributed by atoms with E-state index in [1.807, 2.05) is 0 Å². The summed E-state index contributed by atoms with van der Waals surface area (Å²) in [5.41, 5.74) is 0. The fourth-order valence-electron chi connectivity index (χ4n) is 1.83. The van der Waals surface area contributed by atoms with Crippen LogP contribution in [0.3, 0.4) is 0 Å². The van der Waals surface area contributed by atoms with Crippen molar-refractivity contribution < 1.29 is 9.84 Å². The maximum atomic E-state index is 9.63. The lowest BCUT2D eigenvalue weighted by Crippen LogP contribution is -2.48. The van der Waals surface area contributed by atoms with Gasteiger partial charge in [-0.05, 0) is 19.5 Å². The van der Waals surface area contributed by atoms with E-state index in [4.69, 9.17) is 4.74 Å². The molecule has 1 aliphatic heterocycles. The Bertz CT molecular complexity index is 126. The van der Waals surface area contributed by atoms with Crippen molar-refractivity contribution in [1.29, 1.82) is 0 Å². The highest BCUT2D eigenvalue weighted by atomic mass is 16.5. The highest BCUT2D eigenvalue weighted by molar-refractivity contribution is 4.80. The fraction of sp³-hybridized carbons (Fsp3) is 1.00. The van der Waals surface area contributed by atoms with Crippen LogP contribution in [-0.4, -0.2) is 48.5 Å². The first-order valence-electron chi connectivity index (χ1n) is 4.79. The van der Waals surface area contributed by atoms with Gasteiger partial charge in [-0.25, -0.2) is 0 Å². The molecule has 12 heavy (non-hydrogen) atoms. The lowest BCUT2D eigenvalue weighted by molar-refractivity contribution is -0.0623. The molecule has 0 bridgehead atoms. The van der Waals surface area contributed by atoms with E-state index in [0.29, 0.717) is 12.6 Å². The molecular weight excluding hydrogens is 154 g/mol. The van der Waals surface area contributed by atoms with E-state index in [2.05, 4.69) is 18.7 Å². The van der Waals surface area contributed by atoms with E-state index in [-0.39, 0.29) is 6.10 Å². The Morgan fingerprint density at radius 3 is 2.58 bits per heavy atom. The van der Waals surface area contributed by atoms with Crippen molar-refractivity contribution in [3.63, 3.8) is 0 Å². The summed E-state index contributed by atoms with van der Waals surface area (Å²) < 4.78 is 5.17. The van der Waals surface area contributed by atoms with E-state index < -0.39 is 0 Å². The molecule has 0 aromatic rings. The second-order valence-corrected chi connectivity index (χ2v) is 3.22. The molecule has 1 saturated heterocycles. The predicted molar refractivity (Wildman–Crippen MR) is 48.2 cm³/mol. The topological polar surface area (TPSA) is 32.7 Å². The first kappa shape index (κ1) is 9.96. The van der Waals surface area contributed by atoms with Crippen molar-refractivity contribution >= 4 is 0 Å². The summed E-state index contributed by atoms with van der Waals surface area (Å²) in [4.78, 5) is 2.30. The molecule has 72 valence electrons. The number of hydrogen-bond donors (Lipinski definition) is 1. The molecule has 1 fully saturated rings. The maximum Gasteiger partial charge on any atom is 0.0929 e. The van der Waals surface area contributed by atoms with Crippen molar-refractivity contribution in [2.45, 2.75) is 32.4 Å². The van der Waals surface area contributed by atoms with E-state index in [1.54, 1.807) is 0 Å². The van der Waals surface area contributed by atoms with Gasteiger partial charge in [0.2, 0.25) is 0 Å². The van der Waals surface area contributed by atoms with Crippen LogP contribution < -0.4 is 0 Å². The molecule has 1 N–H and O–H groups in total. The third-order valence-corrected chi connectivity index (χ3v) is 2.57. The second-order valence-electron chi connectivity index (χ2n) is 3.22. The molecule has 0 aliphatic carbocycles. The van der Waals surface area contributed by atoms with Crippen molar-refractivity contribution in [3.8, 4) is 0 Å². The van der Waals surface area contributed by atoms with Gasteiger partial charge >= 0.3 is 0 Å². The number of aliphatic hydroxyl groups excluding tert-OH is 1. The van der Waals surface area contributed by atoms with Gasteiger partial charge in [-0.2, -0.15) is 0 Å². The van der Waals surface area contributed by atoms with Crippen LogP contribution in [0.5, 0.6) is 0 Å². The average molecular weight is 173 g/mol. The van der Waals surface area contributed by atoms with E-state index >= 15 is 0 Å². The van der Waals surface area contributed by atoms with Crippen LogP contribution >= 0.6 is 0 Å². The smallest absolute Gasteiger partial charge is 0.0929 e. The Labute approximate surface area is 74.3 Å². The van der Waals surface area contributed by atoms with Gasteiger partial charge in [0.15, 0.2) is 0 Å². The molecule has 1 heterocycles. The van der Waals surface area contributed by atoms with E-state index in [9.17, 15) is 5.11 Å². The molecular formula is C9H19NO2. The summed E-state index contributed by atoms with van der Waals surface area (Å²) in [5.74, 6) is 0. The van der Waals surface area contributed by atoms with Crippen LogP contribution in [0.4, 0.5) is 0 Å². The van der Waals surface area contributed by atoms with Gasteiger partial charge in [-0.1, -0.05) is 13.8 Å². The highest BCUT2D eigenvalue weighted by Gasteiger charge is 2.27. The third-order valence-electron chi connectivity index (χ3n) is 2.57. The summed E-state index contributed by atoms with van der Waals surface area (Å²) in [7, 11) is 0. The van der Waals surface area contributed by atoms with E-state index in [1.165, 1.54) is 0 Å². The van der Waals surface area contributed by atoms with Crippen LogP contribution in [0, 0.1) is 0 Å². The normalized spacial score (nSPS) is 31.0. The summed E-state index contributed by atoms with van der Waals surface area (Å²) >= 11 is 0. The van der Waals surface area contributed by atoms with Crippen LogP contribution in [-0.2, 0) is 4.74 Å². The quantitative estimate of drug-likeness (QED) is 0.673. The lowest BCUT2D eigenvalue weighted by atomic mass is 10.0. The molecule has 0 spiro atoms. The Morgan fingerprint density at radius 2 is 2.08 bits per heavy atom. The molecule has 0 amide bonds. The first-order chi connectivity index (χ1) is 5.79. The standard InChI is InChI=1S/C9H19NO2/c1-3-10(4-2)8-5-6-12-7-9(8)11/h8-9,11H,3-7H2,1-2H3/t8-,9-/m1/s1. The Kier molecular flexibility index (Phi) is 3.98. The lowest BCUT2D eigenvalue weighted by Gasteiger charge is -2.36. The summed E-state index contributed by atoms with van der Waals surface area (Å²) in [6.07, 6.45) is 0.668. The van der Waals surface area contributed by atoms with Crippen molar-refractivity contribution in [3.05, 3.63) is 0 Å². The van der Waals surface area contributed by atoms with Gasteiger partial charge in [0.1, 0.15) is 0 Å². The minimum atomic E-state index is -0.293. The second kappa shape index (κ2) is 4.80. The zero-order valence-corrected chi connectivity index (χ0v) is 7.99. The molecule has 0 aromatic carbocycles.